The summed E-state index contributed by atoms with van der Waals surface area (Å²) in [4.78, 5) is 11.0. The standard InChI is InChI=1S/C14H23N5/c1-11-10-16-13(18-15)17-12(11)19-8-6-14(7-9-19)4-2-3-5-14/h10H,2-9,15H2,1H3,(H,16,17,18). The molecule has 0 amide bonds. The lowest BCUT2D eigenvalue weighted by atomic mass is 9.77. The monoisotopic (exact) mass is 261 g/mol. The molecule has 0 aromatic carbocycles. The van der Waals surface area contributed by atoms with E-state index in [-0.39, 0.29) is 0 Å². The van der Waals surface area contributed by atoms with E-state index in [4.69, 9.17) is 5.84 Å². The summed E-state index contributed by atoms with van der Waals surface area (Å²) in [5.41, 5.74) is 4.30. The van der Waals surface area contributed by atoms with E-state index in [1.807, 2.05) is 6.20 Å². The number of hydrogen-bond donors (Lipinski definition) is 2. The number of hydrazine groups is 1. The summed E-state index contributed by atoms with van der Waals surface area (Å²) in [7, 11) is 0. The molecule has 1 saturated heterocycles. The number of rotatable bonds is 2. The zero-order chi connectivity index (χ0) is 13.3. The molecule has 1 aromatic rings. The van der Waals surface area contributed by atoms with Gasteiger partial charge in [0.1, 0.15) is 5.82 Å². The van der Waals surface area contributed by atoms with E-state index in [0.29, 0.717) is 11.4 Å². The molecule has 2 aliphatic rings. The molecule has 1 spiro atoms. The first kappa shape index (κ1) is 12.7. The third kappa shape index (κ3) is 2.39. The fourth-order valence-electron chi connectivity index (χ4n) is 3.64. The normalized spacial score (nSPS) is 21.9. The van der Waals surface area contributed by atoms with Gasteiger partial charge in [0.25, 0.3) is 0 Å². The largest absolute Gasteiger partial charge is 0.356 e. The van der Waals surface area contributed by atoms with Crippen LogP contribution < -0.4 is 16.2 Å². The lowest BCUT2D eigenvalue weighted by Gasteiger charge is -2.40. The zero-order valence-electron chi connectivity index (χ0n) is 11.7. The van der Waals surface area contributed by atoms with Gasteiger partial charge in [0, 0.05) is 24.8 Å². The maximum absolute atomic E-state index is 5.40. The third-order valence-corrected chi connectivity index (χ3v) is 4.86. The van der Waals surface area contributed by atoms with Gasteiger partial charge in [0.05, 0.1) is 0 Å². The minimum Gasteiger partial charge on any atom is -0.356 e. The van der Waals surface area contributed by atoms with Crippen molar-refractivity contribution in [3.05, 3.63) is 11.8 Å². The lowest BCUT2D eigenvalue weighted by Crippen LogP contribution is -2.39. The van der Waals surface area contributed by atoms with Crippen LogP contribution >= 0.6 is 0 Å². The number of aromatic nitrogens is 2. The number of aryl methyl sites for hydroxylation is 1. The summed E-state index contributed by atoms with van der Waals surface area (Å²) in [5.74, 6) is 6.94. The van der Waals surface area contributed by atoms with E-state index < -0.39 is 0 Å². The summed E-state index contributed by atoms with van der Waals surface area (Å²) < 4.78 is 0. The van der Waals surface area contributed by atoms with E-state index in [0.717, 1.165) is 24.5 Å². The summed E-state index contributed by atoms with van der Waals surface area (Å²) >= 11 is 0. The van der Waals surface area contributed by atoms with Crippen molar-refractivity contribution in [3.8, 4) is 0 Å². The maximum Gasteiger partial charge on any atom is 0.239 e. The second-order valence-electron chi connectivity index (χ2n) is 6.04. The second-order valence-corrected chi connectivity index (χ2v) is 6.04. The van der Waals surface area contributed by atoms with Crippen LogP contribution in [0.5, 0.6) is 0 Å². The van der Waals surface area contributed by atoms with Crippen molar-refractivity contribution < 1.29 is 0 Å². The molecule has 3 N–H and O–H groups in total. The van der Waals surface area contributed by atoms with Gasteiger partial charge in [-0.15, -0.1) is 0 Å². The van der Waals surface area contributed by atoms with E-state index >= 15 is 0 Å². The highest BCUT2D eigenvalue weighted by Crippen LogP contribution is 2.46. The van der Waals surface area contributed by atoms with Crippen LogP contribution in [0, 0.1) is 12.3 Å². The van der Waals surface area contributed by atoms with Crippen LogP contribution in [0.3, 0.4) is 0 Å². The molecule has 5 heteroatoms. The Labute approximate surface area is 114 Å². The molecule has 19 heavy (non-hydrogen) atoms. The van der Waals surface area contributed by atoms with E-state index in [1.165, 1.54) is 38.5 Å². The minimum absolute atomic E-state index is 0.502. The molecule has 2 heterocycles. The summed E-state index contributed by atoms with van der Waals surface area (Å²) in [5, 5.41) is 0. The number of piperidine rings is 1. The van der Waals surface area contributed by atoms with Crippen LogP contribution in [-0.4, -0.2) is 23.1 Å². The van der Waals surface area contributed by atoms with Crippen molar-refractivity contribution in [1.29, 1.82) is 0 Å². The first-order valence-corrected chi connectivity index (χ1v) is 7.28. The van der Waals surface area contributed by atoms with Crippen LogP contribution in [-0.2, 0) is 0 Å². The molecular formula is C14H23N5. The number of hydrogen-bond acceptors (Lipinski definition) is 5. The van der Waals surface area contributed by atoms with E-state index in [9.17, 15) is 0 Å². The second kappa shape index (κ2) is 4.96. The molecule has 5 nitrogen and oxygen atoms in total. The van der Waals surface area contributed by atoms with Crippen LogP contribution in [0.2, 0.25) is 0 Å². The Morgan fingerprint density at radius 3 is 2.53 bits per heavy atom. The summed E-state index contributed by atoms with van der Waals surface area (Å²) in [6.45, 7) is 4.29. The topological polar surface area (TPSA) is 67.1 Å². The van der Waals surface area contributed by atoms with Gasteiger partial charge in [-0.2, -0.15) is 4.98 Å². The van der Waals surface area contributed by atoms with E-state index in [1.54, 1.807) is 0 Å². The minimum atomic E-state index is 0.502. The highest BCUT2D eigenvalue weighted by atomic mass is 15.3. The van der Waals surface area contributed by atoms with Crippen molar-refractivity contribution in [2.45, 2.75) is 45.4 Å². The Morgan fingerprint density at radius 1 is 1.21 bits per heavy atom. The highest BCUT2D eigenvalue weighted by Gasteiger charge is 2.37. The average molecular weight is 261 g/mol. The summed E-state index contributed by atoms with van der Waals surface area (Å²) in [6, 6.07) is 0. The molecule has 0 atom stereocenters. The Hall–Kier alpha value is -1.36. The van der Waals surface area contributed by atoms with Gasteiger partial charge in [0.15, 0.2) is 0 Å². The Bertz CT molecular complexity index is 443. The van der Waals surface area contributed by atoms with Crippen LogP contribution in [0.1, 0.15) is 44.1 Å². The molecule has 0 radical (unpaired) electrons. The molecule has 2 fully saturated rings. The number of nitrogen functional groups attached to an aromatic ring is 1. The average Bonchev–Trinajstić information content (AvgIpc) is 2.89. The molecule has 1 aliphatic carbocycles. The lowest BCUT2D eigenvalue weighted by molar-refractivity contribution is 0.226. The molecule has 0 bridgehead atoms. The van der Waals surface area contributed by atoms with Crippen LogP contribution in [0.4, 0.5) is 11.8 Å². The molecule has 1 aromatic heterocycles. The van der Waals surface area contributed by atoms with Crippen molar-refractivity contribution in [2.75, 3.05) is 23.4 Å². The first-order valence-electron chi connectivity index (χ1n) is 7.28. The SMILES string of the molecule is Cc1cnc(NN)nc1N1CCC2(CCCC2)CC1. The number of nitrogens with two attached hydrogens (primary N) is 1. The van der Waals surface area contributed by atoms with Gasteiger partial charge in [-0.3, -0.25) is 5.43 Å². The number of anilines is 2. The van der Waals surface area contributed by atoms with Gasteiger partial charge < -0.3 is 4.90 Å². The van der Waals surface area contributed by atoms with Gasteiger partial charge in [0.2, 0.25) is 5.95 Å². The quantitative estimate of drug-likeness (QED) is 0.631. The van der Waals surface area contributed by atoms with Crippen molar-refractivity contribution in [2.24, 2.45) is 11.3 Å². The molecular weight excluding hydrogens is 238 g/mol. The van der Waals surface area contributed by atoms with Crippen LogP contribution in [0.25, 0.3) is 0 Å². The first-order chi connectivity index (χ1) is 9.22. The van der Waals surface area contributed by atoms with Crippen molar-refractivity contribution in [3.63, 3.8) is 0 Å². The summed E-state index contributed by atoms with van der Waals surface area (Å²) in [6.07, 6.45) is 10.2. The Balaban J connectivity index is 1.74. The van der Waals surface area contributed by atoms with Crippen molar-refractivity contribution in [1.82, 2.24) is 9.97 Å². The maximum atomic E-state index is 5.40. The smallest absolute Gasteiger partial charge is 0.239 e. The Kier molecular flexibility index (Phi) is 3.31. The Morgan fingerprint density at radius 2 is 1.89 bits per heavy atom. The van der Waals surface area contributed by atoms with Crippen molar-refractivity contribution >= 4 is 11.8 Å². The predicted octanol–water partition coefficient (Wildman–Crippen LogP) is 2.23. The fraction of sp³-hybridized carbons (Fsp3) is 0.714. The fourth-order valence-corrected chi connectivity index (χ4v) is 3.64. The van der Waals surface area contributed by atoms with Crippen LogP contribution in [0.15, 0.2) is 6.20 Å². The zero-order valence-corrected chi connectivity index (χ0v) is 11.7. The van der Waals surface area contributed by atoms with E-state index in [2.05, 4.69) is 27.2 Å². The predicted molar refractivity (Wildman–Crippen MR) is 76.9 cm³/mol. The molecule has 1 saturated carbocycles. The molecule has 1 aliphatic heterocycles. The molecule has 3 rings (SSSR count). The third-order valence-electron chi connectivity index (χ3n) is 4.86. The highest BCUT2D eigenvalue weighted by molar-refractivity contribution is 5.49. The number of nitrogens with zero attached hydrogens (tertiary/aromatic N) is 3. The van der Waals surface area contributed by atoms with Gasteiger partial charge in [-0.25, -0.2) is 10.8 Å². The number of nitrogens with one attached hydrogen (secondary N) is 1. The van der Waals surface area contributed by atoms with Gasteiger partial charge in [-0.05, 0) is 38.0 Å². The molecule has 104 valence electrons. The van der Waals surface area contributed by atoms with Gasteiger partial charge >= 0.3 is 0 Å². The van der Waals surface area contributed by atoms with Gasteiger partial charge in [-0.1, -0.05) is 12.8 Å². The molecule has 0 unspecified atom stereocenters.